The minimum atomic E-state index is -1.50. The molecule has 0 radical (unpaired) electrons. The topological polar surface area (TPSA) is 185 Å². The Morgan fingerprint density at radius 2 is 1.73 bits per heavy atom. The first-order chi connectivity index (χ1) is 26.5. The molecule has 2 N–H and O–H groups in total. The summed E-state index contributed by atoms with van der Waals surface area (Å²) in [6, 6.07) is 5.19. The van der Waals surface area contributed by atoms with Gasteiger partial charge in [-0.05, 0) is 70.1 Å². The van der Waals surface area contributed by atoms with Gasteiger partial charge < -0.3 is 38.8 Å². The predicted octanol–water partition coefficient (Wildman–Crippen LogP) is 2.89. The minimum absolute atomic E-state index is 0.0181. The molecule has 15 heteroatoms. The van der Waals surface area contributed by atoms with E-state index in [1.807, 2.05) is 12.1 Å². The normalized spacial score (nSPS) is 33.4. The van der Waals surface area contributed by atoms with Crippen molar-refractivity contribution in [2.75, 3.05) is 13.2 Å². The van der Waals surface area contributed by atoms with Crippen molar-refractivity contribution >= 4 is 35.9 Å². The van der Waals surface area contributed by atoms with E-state index in [2.05, 4.69) is 5.32 Å². The van der Waals surface area contributed by atoms with Crippen LogP contribution in [0.1, 0.15) is 90.7 Å². The molecule has 0 aromatic heterocycles. The van der Waals surface area contributed by atoms with E-state index in [1.165, 1.54) is 11.1 Å². The highest BCUT2D eigenvalue weighted by Crippen LogP contribution is 2.64. The maximum Gasteiger partial charge on any atom is 0.348 e. The number of aliphatic hydroxyl groups excluding tert-OH is 1. The van der Waals surface area contributed by atoms with E-state index in [0.717, 1.165) is 25.7 Å². The van der Waals surface area contributed by atoms with Gasteiger partial charge in [-0.15, -0.1) is 0 Å². The molecule has 8 rings (SSSR count). The zero-order valence-electron chi connectivity index (χ0n) is 32.5. The standard InChI is InChI=1S/C41H52N2O13/c1-38(2,3)53-29(46)17-15-26(20-44)42-37(49)40-18-27-30-31(55-41(54-30,24-11-12-24)25-13-14-25)33(40)56-43(32(40)35(47)51-27)19-23-9-7-6-8-22(23)10-16-28(45)52-34-36(48)50-21-39(34,4)5/h6-10,16,24-27,30-34,44H,11-15,17-21H2,1-5H3,(H,42,49). The van der Waals surface area contributed by atoms with Crippen LogP contribution in [0.25, 0.3) is 6.08 Å². The maximum absolute atomic E-state index is 14.8. The van der Waals surface area contributed by atoms with Crippen LogP contribution < -0.4 is 5.32 Å². The SMILES string of the molecule is CC(C)(C)OC(=O)CCC(CO)NC(=O)C12CC3OC(=O)C1N(Cc1ccccc1C=CC(=O)OC1C(=O)OCC1(C)C)OC2C1OC(C2CC2)(C2CC2)OC31. The van der Waals surface area contributed by atoms with Crippen molar-refractivity contribution in [3.63, 3.8) is 0 Å². The molecule has 7 fully saturated rings. The van der Waals surface area contributed by atoms with Crippen LogP contribution in [-0.4, -0.2) is 107 Å². The average molecular weight is 781 g/mol. The number of nitrogens with zero attached hydrogens (tertiary/aromatic N) is 1. The molecular formula is C41H52N2O13. The summed E-state index contributed by atoms with van der Waals surface area (Å²) in [5.41, 5.74) is -1.58. The Kier molecular flexibility index (Phi) is 9.87. The van der Waals surface area contributed by atoms with E-state index in [4.69, 9.17) is 33.3 Å². The van der Waals surface area contributed by atoms with Gasteiger partial charge in [0.05, 0.1) is 19.2 Å². The number of benzene rings is 1. The summed E-state index contributed by atoms with van der Waals surface area (Å²) in [7, 11) is 0. The van der Waals surface area contributed by atoms with Crippen LogP contribution >= 0.6 is 0 Å². The van der Waals surface area contributed by atoms with Gasteiger partial charge in [-0.25, -0.2) is 9.59 Å². The second-order valence-electron chi connectivity index (χ2n) is 18.1. The number of carbonyl (C=O) groups is 5. The van der Waals surface area contributed by atoms with Crippen molar-refractivity contribution in [1.82, 2.24) is 10.4 Å². The number of nitrogens with one attached hydrogen (secondary N) is 1. The van der Waals surface area contributed by atoms with Gasteiger partial charge in [-0.2, -0.15) is 5.06 Å². The third-order valence-electron chi connectivity index (χ3n) is 12.1. The Bertz CT molecular complexity index is 1780. The van der Waals surface area contributed by atoms with Gasteiger partial charge >= 0.3 is 23.9 Å². The number of esters is 4. The van der Waals surface area contributed by atoms with E-state index in [0.29, 0.717) is 11.1 Å². The van der Waals surface area contributed by atoms with E-state index >= 15 is 0 Å². The molecule has 3 saturated carbocycles. The molecule has 4 aliphatic heterocycles. The summed E-state index contributed by atoms with van der Waals surface area (Å²) >= 11 is 0. The number of rotatable bonds is 13. The summed E-state index contributed by atoms with van der Waals surface area (Å²) in [5, 5.41) is 14.8. The molecule has 4 heterocycles. The van der Waals surface area contributed by atoms with Crippen LogP contribution in [0.3, 0.4) is 0 Å². The summed E-state index contributed by atoms with van der Waals surface area (Å²) in [5.74, 6) is -3.35. The van der Waals surface area contributed by atoms with E-state index in [9.17, 15) is 29.1 Å². The van der Waals surface area contributed by atoms with Gasteiger partial charge in [-0.3, -0.25) is 19.2 Å². The number of hydrogen-bond acceptors (Lipinski definition) is 14. The van der Waals surface area contributed by atoms with Gasteiger partial charge in [-0.1, -0.05) is 38.1 Å². The molecule has 56 heavy (non-hydrogen) atoms. The van der Waals surface area contributed by atoms with E-state index in [-0.39, 0.29) is 44.2 Å². The molecule has 1 aromatic carbocycles. The molecule has 8 atom stereocenters. The van der Waals surface area contributed by atoms with E-state index < -0.39 is 101 Å². The monoisotopic (exact) mass is 780 g/mol. The Morgan fingerprint density at radius 1 is 1.04 bits per heavy atom. The lowest BCUT2D eigenvalue weighted by Crippen LogP contribution is -2.70. The Balaban J connectivity index is 1.07. The lowest BCUT2D eigenvalue weighted by atomic mass is 9.62. The third-order valence-corrected chi connectivity index (χ3v) is 12.1. The molecule has 15 nitrogen and oxygen atoms in total. The Morgan fingerprint density at radius 3 is 2.38 bits per heavy atom. The van der Waals surface area contributed by atoms with Crippen molar-refractivity contribution in [1.29, 1.82) is 0 Å². The number of fused-ring (bicyclic) bond motifs is 4. The molecule has 0 spiro atoms. The van der Waals surface area contributed by atoms with Crippen molar-refractivity contribution in [3.05, 3.63) is 41.5 Å². The number of amides is 1. The lowest BCUT2D eigenvalue weighted by molar-refractivity contribution is -0.235. The lowest BCUT2D eigenvalue weighted by Gasteiger charge is -2.49. The summed E-state index contributed by atoms with van der Waals surface area (Å²) in [6.45, 7) is 8.58. The summed E-state index contributed by atoms with van der Waals surface area (Å²) in [4.78, 5) is 73.5. The summed E-state index contributed by atoms with van der Waals surface area (Å²) < 4.78 is 35.9. The van der Waals surface area contributed by atoms with Crippen LogP contribution in [0.2, 0.25) is 0 Å². The van der Waals surface area contributed by atoms with Crippen molar-refractivity contribution in [2.24, 2.45) is 22.7 Å². The first-order valence-corrected chi connectivity index (χ1v) is 19.8. The highest BCUT2D eigenvalue weighted by Gasteiger charge is 2.78. The highest BCUT2D eigenvalue weighted by molar-refractivity contribution is 5.94. The molecule has 3 aliphatic carbocycles. The molecule has 7 aliphatic rings. The number of cyclic esters (lactones) is 1. The largest absolute Gasteiger partial charge is 0.462 e. The number of aliphatic hydroxyl groups is 1. The van der Waals surface area contributed by atoms with Crippen molar-refractivity contribution in [2.45, 2.75) is 140 Å². The molecule has 4 saturated heterocycles. The number of ether oxygens (including phenoxy) is 6. The quantitative estimate of drug-likeness (QED) is 0.169. The molecular weight excluding hydrogens is 728 g/mol. The van der Waals surface area contributed by atoms with Gasteiger partial charge in [0, 0.05) is 36.2 Å². The first-order valence-electron chi connectivity index (χ1n) is 19.8. The van der Waals surface area contributed by atoms with Crippen molar-refractivity contribution in [3.8, 4) is 0 Å². The smallest absolute Gasteiger partial charge is 0.348 e. The molecule has 2 bridgehead atoms. The molecule has 1 amide bonds. The van der Waals surface area contributed by atoms with Crippen LogP contribution in [0.4, 0.5) is 0 Å². The third kappa shape index (κ3) is 7.03. The molecule has 304 valence electrons. The van der Waals surface area contributed by atoms with Gasteiger partial charge in [0.1, 0.15) is 42.0 Å². The van der Waals surface area contributed by atoms with Crippen molar-refractivity contribution < 1.29 is 62.3 Å². The fourth-order valence-corrected chi connectivity index (χ4v) is 9.14. The number of carbonyl (C=O) groups excluding carboxylic acids is 5. The fourth-order valence-electron chi connectivity index (χ4n) is 9.14. The highest BCUT2D eigenvalue weighted by atomic mass is 16.8. The van der Waals surface area contributed by atoms with Crippen LogP contribution in [0, 0.1) is 22.7 Å². The van der Waals surface area contributed by atoms with E-state index in [1.54, 1.807) is 52.8 Å². The zero-order valence-corrected chi connectivity index (χ0v) is 32.5. The van der Waals surface area contributed by atoms with Gasteiger partial charge in [0.2, 0.25) is 12.0 Å². The average Bonchev–Trinajstić information content (AvgIpc) is 4.08. The second kappa shape index (κ2) is 14.2. The predicted molar refractivity (Wildman–Crippen MR) is 193 cm³/mol. The maximum atomic E-state index is 14.8. The van der Waals surface area contributed by atoms with Crippen LogP contribution in [0.15, 0.2) is 30.3 Å². The van der Waals surface area contributed by atoms with Crippen LogP contribution in [0.5, 0.6) is 0 Å². The Hall–Kier alpha value is -3.89. The Labute approximate surface area is 325 Å². The van der Waals surface area contributed by atoms with Gasteiger partial charge in [0.25, 0.3) is 0 Å². The zero-order chi connectivity index (χ0) is 39.8. The minimum Gasteiger partial charge on any atom is -0.462 e. The number of hydroxylamine groups is 2. The fraction of sp³-hybridized carbons (Fsp3) is 0.683. The second-order valence-corrected chi connectivity index (χ2v) is 18.1. The summed E-state index contributed by atoms with van der Waals surface area (Å²) in [6.07, 6.45) is 2.69. The number of hydrogen-bond donors (Lipinski definition) is 2. The molecule has 1 aromatic rings. The first kappa shape index (κ1) is 39.0. The van der Waals surface area contributed by atoms with Crippen LogP contribution in [-0.2, 0) is 63.8 Å². The van der Waals surface area contributed by atoms with Gasteiger partial charge in [0.15, 0.2) is 11.8 Å². The molecule has 8 unspecified atom stereocenters.